The zero-order valence-corrected chi connectivity index (χ0v) is 12.3. The average Bonchev–Trinajstić information content (AvgIpc) is 2.42. The molecule has 1 aromatic heterocycles. The maximum absolute atomic E-state index is 5.40. The van der Waals surface area contributed by atoms with E-state index in [1.165, 1.54) is 16.8 Å². The summed E-state index contributed by atoms with van der Waals surface area (Å²) in [4.78, 5) is 7.14. The summed E-state index contributed by atoms with van der Waals surface area (Å²) >= 11 is 0. The molecule has 3 nitrogen and oxygen atoms in total. The van der Waals surface area contributed by atoms with E-state index in [4.69, 9.17) is 9.72 Å². The van der Waals surface area contributed by atoms with Crippen LogP contribution in [0, 0.1) is 6.92 Å². The molecule has 3 heteroatoms. The van der Waals surface area contributed by atoms with Crippen molar-refractivity contribution in [3.8, 4) is 0 Å². The maximum atomic E-state index is 5.40. The van der Waals surface area contributed by atoms with Crippen molar-refractivity contribution in [2.24, 2.45) is 0 Å². The monoisotopic (exact) mass is 260 g/mol. The van der Waals surface area contributed by atoms with Crippen LogP contribution in [0.4, 0.5) is 0 Å². The molecule has 0 aromatic carbocycles. The van der Waals surface area contributed by atoms with Crippen molar-refractivity contribution in [2.45, 2.75) is 33.2 Å². The van der Waals surface area contributed by atoms with Gasteiger partial charge >= 0.3 is 0 Å². The number of hydrogen-bond acceptors (Lipinski definition) is 3. The van der Waals surface area contributed by atoms with E-state index in [2.05, 4.69) is 38.3 Å². The lowest BCUT2D eigenvalue weighted by Crippen LogP contribution is -2.36. The summed E-state index contributed by atoms with van der Waals surface area (Å²) in [5.74, 6) is 0.519. The molecule has 1 aromatic rings. The Morgan fingerprint density at radius 3 is 2.68 bits per heavy atom. The van der Waals surface area contributed by atoms with Crippen molar-refractivity contribution in [3.63, 3.8) is 0 Å². The Hall–Kier alpha value is -1.19. The molecule has 0 aliphatic carbocycles. The summed E-state index contributed by atoms with van der Waals surface area (Å²) < 4.78 is 5.40. The van der Waals surface area contributed by atoms with Gasteiger partial charge in [0.05, 0.1) is 24.6 Å². The molecule has 1 saturated heterocycles. The van der Waals surface area contributed by atoms with Gasteiger partial charge in [-0.15, -0.1) is 0 Å². The number of aromatic nitrogens is 1. The molecule has 0 atom stereocenters. The third kappa shape index (κ3) is 3.43. The molecule has 104 valence electrons. The number of pyridine rings is 1. The second-order valence-corrected chi connectivity index (χ2v) is 5.46. The molecule has 2 rings (SSSR count). The van der Waals surface area contributed by atoms with Crippen molar-refractivity contribution < 1.29 is 4.74 Å². The van der Waals surface area contributed by atoms with Crippen LogP contribution >= 0.6 is 0 Å². The summed E-state index contributed by atoms with van der Waals surface area (Å²) in [6, 6.07) is 2.16. The summed E-state index contributed by atoms with van der Waals surface area (Å²) in [5.41, 5.74) is 4.88. The molecule has 0 bridgehead atoms. The van der Waals surface area contributed by atoms with Gasteiger partial charge in [0.1, 0.15) is 0 Å². The molecule has 1 fully saturated rings. The first-order valence-electron chi connectivity index (χ1n) is 7.04. The minimum Gasteiger partial charge on any atom is -0.379 e. The number of nitrogens with zero attached hydrogens (tertiary/aromatic N) is 2. The van der Waals surface area contributed by atoms with E-state index in [1.807, 2.05) is 6.08 Å². The average molecular weight is 260 g/mol. The highest BCUT2D eigenvalue weighted by molar-refractivity contribution is 5.47. The van der Waals surface area contributed by atoms with Gasteiger partial charge in [-0.2, -0.15) is 0 Å². The molecule has 2 heterocycles. The Labute approximate surface area is 116 Å². The summed E-state index contributed by atoms with van der Waals surface area (Å²) in [6.07, 6.45) is 1.84. The Bertz CT molecular complexity index is 448. The number of ether oxygens (including phenoxy) is 1. The van der Waals surface area contributed by atoms with Crippen LogP contribution in [0.25, 0.3) is 6.08 Å². The Morgan fingerprint density at radius 2 is 2.11 bits per heavy atom. The van der Waals surface area contributed by atoms with E-state index >= 15 is 0 Å². The quantitative estimate of drug-likeness (QED) is 0.832. The lowest BCUT2D eigenvalue weighted by molar-refractivity contribution is 0.0335. The van der Waals surface area contributed by atoms with Gasteiger partial charge in [0.25, 0.3) is 0 Å². The fourth-order valence-corrected chi connectivity index (χ4v) is 2.54. The molecule has 19 heavy (non-hydrogen) atoms. The van der Waals surface area contributed by atoms with E-state index in [1.54, 1.807) is 0 Å². The highest BCUT2D eigenvalue weighted by Gasteiger charge is 2.16. The maximum Gasteiger partial charge on any atom is 0.0630 e. The molecule has 0 radical (unpaired) electrons. The smallest absolute Gasteiger partial charge is 0.0630 e. The minimum atomic E-state index is 0.519. The Balaban J connectivity index is 2.27. The van der Waals surface area contributed by atoms with Crippen molar-refractivity contribution in [3.05, 3.63) is 35.2 Å². The van der Waals surface area contributed by atoms with E-state index < -0.39 is 0 Å². The minimum absolute atomic E-state index is 0.519. The van der Waals surface area contributed by atoms with Gasteiger partial charge in [-0.3, -0.25) is 9.88 Å². The largest absolute Gasteiger partial charge is 0.379 e. The van der Waals surface area contributed by atoms with Crippen LogP contribution in [-0.4, -0.2) is 36.2 Å². The zero-order chi connectivity index (χ0) is 13.8. The molecule has 0 amide bonds. The Morgan fingerprint density at radius 1 is 1.42 bits per heavy atom. The summed E-state index contributed by atoms with van der Waals surface area (Å²) in [7, 11) is 0. The normalized spacial score (nSPS) is 16.8. The second kappa shape index (κ2) is 6.31. The van der Waals surface area contributed by atoms with Crippen LogP contribution in [0.2, 0.25) is 0 Å². The third-order valence-electron chi connectivity index (χ3n) is 3.74. The van der Waals surface area contributed by atoms with Crippen molar-refractivity contribution in [2.75, 3.05) is 26.3 Å². The van der Waals surface area contributed by atoms with Crippen LogP contribution in [0.5, 0.6) is 0 Å². The van der Waals surface area contributed by atoms with E-state index in [0.29, 0.717) is 5.92 Å². The van der Waals surface area contributed by atoms with Gasteiger partial charge in [0.15, 0.2) is 0 Å². The number of morpholine rings is 1. The van der Waals surface area contributed by atoms with Gasteiger partial charge in [-0.05, 0) is 36.1 Å². The lowest BCUT2D eigenvalue weighted by Gasteiger charge is -2.27. The van der Waals surface area contributed by atoms with Gasteiger partial charge in [0, 0.05) is 19.6 Å². The zero-order valence-electron chi connectivity index (χ0n) is 12.3. The highest BCUT2D eigenvalue weighted by Crippen LogP contribution is 2.23. The third-order valence-corrected chi connectivity index (χ3v) is 3.74. The molecule has 0 N–H and O–H groups in total. The topological polar surface area (TPSA) is 25.4 Å². The van der Waals surface area contributed by atoms with E-state index in [-0.39, 0.29) is 0 Å². The number of hydrogen-bond donors (Lipinski definition) is 0. The molecule has 0 saturated carbocycles. The van der Waals surface area contributed by atoms with Crippen molar-refractivity contribution in [1.29, 1.82) is 0 Å². The molecular formula is C16H24N2O. The van der Waals surface area contributed by atoms with E-state index in [9.17, 15) is 0 Å². The molecule has 1 aliphatic heterocycles. The predicted octanol–water partition coefficient (Wildman–Crippen LogP) is 2.99. The SMILES string of the molecule is C=Cc1cc(C(C)C)c(C)c(CN2CCOCC2)n1. The lowest BCUT2D eigenvalue weighted by atomic mass is 9.96. The van der Waals surface area contributed by atoms with Crippen LogP contribution in [-0.2, 0) is 11.3 Å². The molecular weight excluding hydrogens is 236 g/mol. The first kappa shape index (κ1) is 14.2. The standard InChI is InChI=1S/C16H24N2O/c1-5-14-10-15(12(2)3)13(4)16(17-14)11-18-6-8-19-9-7-18/h5,10,12H,1,6-9,11H2,2-4H3. The molecule has 0 unspecified atom stereocenters. The number of rotatable bonds is 4. The predicted molar refractivity (Wildman–Crippen MR) is 79.3 cm³/mol. The summed E-state index contributed by atoms with van der Waals surface area (Å²) in [5, 5.41) is 0. The highest BCUT2D eigenvalue weighted by atomic mass is 16.5. The molecule has 0 spiro atoms. The van der Waals surface area contributed by atoms with Crippen LogP contribution in [0.3, 0.4) is 0 Å². The van der Waals surface area contributed by atoms with Crippen LogP contribution < -0.4 is 0 Å². The van der Waals surface area contributed by atoms with Crippen molar-refractivity contribution >= 4 is 6.08 Å². The van der Waals surface area contributed by atoms with Gasteiger partial charge in [-0.1, -0.05) is 20.4 Å². The first-order chi connectivity index (χ1) is 9.11. The fourth-order valence-electron chi connectivity index (χ4n) is 2.54. The van der Waals surface area contributed by atoms with Crippen LogP contribution in [0.15, 0.2) is 12.6 Å². The fraction of sp³-hybridized carbons (Fsp3) is 0.562. The van der Waals surface area contributed by atoms with Crippen molar-refractivity contribution in [1.82, 2.24) is 9.88 Å². The Kier molecular flexibility index (Phi) is 4.72. The molecule has 1 aliphatic rings. The summed E-state index contributed by atoms with van der Waals surface area (Å²) in [6.45, 7) is 15.1. The van der Waals surface area contributed by atoms with E-state index in [0.717, 1.165) is 38.5 Å². The van der Waals surface area contributed by atoms with Gasteiger partial charge in [-0.25, -0.2) is 0 Å². The van der Waals surface area contributed by atoms with Crippen LogP contribution in [0.1, 0.15) is 42.3 Å². The van der Waals surface area contributed by atoms with Gasteiger partial charge < -0.3 is 4.74 Å². The second-order valence-electron chi connectivity index (χ2n) is 5.46. The van der Waals surface area contributed by atoms with Gasteiger partial charge in [0.2, 0.25) is 0 Å². The first-order valence-corrected chi connectivity index (χ1v) is 7.04.